The molecule has 106 valence electrons. The van der Waals surface area contributed by atoms with Crippen LogP contribution in [0.4, 0.5) is 11.4 Å². The fraction of sp³-hybridized carbons (Fsp3) is 0.250. The fourth-order valence-electron chi connectivity index (χ4n) is 1.83. The lowest BCUT2D eigenvalue weighted by atomic mass is 10.2. The highest BCUT2D eigenvalue weighted by Gasteiger charge is 1.97. The Morgan fingerprint density at radius 3 is 2.15 bits per heavy atom. The second-order valence-corrected chi connectivity index (χ2v) is 4.95. The zero-order valence-electron chi connectivity index (χ0n) is 11.7. The van der Waals surface area contributed by atoms with Gasteiger partial charge in [-0.3, -0.25) is 0 Å². The molecule has 0 atom stereocenters. The molecule has 0 radical (unpaired) electrons. The van der Waals surface area contributed by atoms with Gasteiger partial charge in [-0.25, -0.2) is 0 Å². The van der Waals surface area contributed by atoms with Crippen LogP contribution in [0.25, 0.3) is 0 Å². The average molecular weight is 291 g/mol. The van der Waals surface area contributed by atoms with E-state index < -0.39 is 0 Å². The van der Waals surface area contributed by atoms with Gasteiger partial charge < -0.3 is 15.4 Å². The largest absolute Gasteiger partial charge is 0.497 e. The Kier molecular flexibility index (Phi) is 5.13. The van der Waals surface area contributed by atoms with Crippen molar-refractivity contribution in [3.05, 3.63) is 53.1 Å². The third-order valence-electron chi connectivity index (χ3n) is 3.05. The summed E-state index contributed by atoms with van der Waals surface area (Å²) in [5, 5.41) is 7.46. The number of benzene rings is 2. The summed E-state index contributed by atoms with van der Waals surface area (Å²) < 4.78 is 5.12. The molecular formula is C16H19ClN2O. The highest BCUT2D eigenvalue weighted by Crippen LogP contribution is 2.19. The molecule has 0 unspecified atom stereocenters. The third-order valence-corrected chi connectivity index (χ3v) is 3.45. The van der Waals surface area contributed by atoms with E-state index >= 15 is 0 Å². The summed E-state index contributed by atoms with van der Waals surface area (Å²) in [7, 11) is 1.67. The molecular weight excluding hydrogens is 272 g/mol. The number of aryl methyl sites for hydroxylation is 1. The molecule has 0 aliphatic heterocycles. The van der Waals surface area contributed by atoms with Gasteiger partial charge in [0.1, 0.15) is 5.75 Å². The lowest BCUT2D eigenvalue weighted by Gasteiger charge is -2.10. The van der Waals surface area contributed by atoms with Crippen LogP contribution >= 0.6 is 11.6 Å². The van der Waals surface area contributed by atoms with E-state index in [1.165, 1.54) is 0 Å². The minimum absolute atomic E-state index is 0.790. The highest BCUT2D eigenvalue weighted by molar-refractivity contribution is 6.31. The molecule has 0 aliphatic rings. The monoisotopic (exact) mass is 290 g/mol. The van der Waals surface area contributed by atoms with E-state index in [1.807, 2.05) is 49.4 Å². The maximum absolute atomic E-state index is 6.08. The van der Waals surface area contributed by atoms with Crippen molar-refractivity contribution in [2.75, 3.05) is 30.8 Å². The van der Waals surface area contributed by atoms with Crippen LogP contribution in [0.2, 0.25) is 5.02 Å². The molecule has 2 aromatic carbocycles. The third kappa shape index (κ3) is 4.07. The number of methoxy groups -OCH3 is 1. The Labute approximate surface area is 124 Å². The Hall–Kier alpha value is -1.87. The fourth-order valence-corrected chi connectivity index (χ4v) is 2.01. The number of halogens is 1. The van der Waals surface area contributed by atoms with E-state index in [4.69, 9.17) is 16.3 Å². The Morgan fingerprint density at radius 1 is 0.950 bits per heavy atom. The van der Waals surface area contributed by atoms with Crippen LogP contribution in [0.1, 0.15) is 5.56 Å². The number of hydrogen-bond donors (Lipinski definition) is 2. The van der Waals surface area contributed by atoms with Crippen molar-refractivity contribution >= 4 is 23.0 Å². The zero-order chi connectivity index (χ0) is 14.4. The van der Waals surface area contributed by atoms with Crippen molar-refractivity contribution in [3.63, 3.8) is 0 Å². The summed E-state index contributed by atoms with van der Waals surface area (Å²) in [4.78, 5) is 0. The SMILES string of the molecule is COc1ccc(NCCNc2ccc(C)c(Cl)c2)cc1. The van der Waals surface area contributed by atoms with Crippen molar-refractivity contribution in [3.8, 4) is 5.75 Å². The lowest BCUT2D eigenvalue weighted by molar-refractivity contribution is 0.415. The molecule has 0 fully saturated rings. The van der Waals surface area contributed by atoms with Crippen LogP contribution in [0.3, 0.4) is 0 Å². The topological polar surface area (TPSA) is 33.3 Å². The van der Waals surface area contributed by atoms with Crippen LogP contribution in [0.5, 0.6) is 5.75 Å². The molecule has 4 heteroatoms. The minimum atomic E-state index is 0.790. The summed E-state index contributed by atoms with van der Waals surface area (Å²) >= 11 is 6.08. The maximum Gasteiger partial charge on any atom is 0.119 e. The van der Waals surface area contributed by atoms with Gasteiger partial charge in [-0.05, 0) is 48.9 Å². The van der Waals surface area contributed by atoms with E-state index in [-0.39, 0.29) is 0 Å². The van der Waals surface area contributed by atoms with E-state index in [0.29, 0.717) is 0 Å². The lowest BCUT2D eigenvalue weighted by Crippen LogP contribution is -2.13. The standard InChI is InChI=1S/C16H19ClN2O/c1-12-3-4-14(11-16(12)17)19-10-9-18-13-5-7-15(20-2)8-6-13/h3-8,11,18-19H,9-10H2,1-2H3. The summed E-state index contributed by atoms with van der Waals surface area (Å²) in [6.07, 6.45) is 0. The van der Waals surface area contributed by atoms with E-state index in [9.17, 15) is 0 Å². The molecule has 0 aromatic heterocycles. The Morgan fingerprint density at radius 2 is 1.55 bits per heavy atom. The molecule has 2 N–H and O–H groups in total. The zero-order valence-corrected chi connectivity index (χ0v) is 12.5. The van der Waals surface area contributed by atoms with E-state index in [2.05, 4.69) is 10.6 Å². The second kappa shape index (κ2) is 7.06. The molecule has 0 saturated carbocycles. The number of ether oxygens (including phenoxy) is 1. The maximum atomic E-state index is 6.08. The first kappa shape index (κ1) is 14.5. The van der Waals surface area contributed by atoms with Gasteiger partial charge in [0, 0.05) is 29.5 Å². The van der Waals surface area contributed by atoms with Crippen LogP contribution in [0, 0.1) is 6.92 Å². The predicted molar refractivity (Wildman–Crippen MR) is 86.2 cm³/mol. The Balaban J connectivity index is 1.76. The molecule has 2 rings (SSSR count). The molecule has 0 heterocycles. The molecule has 0 aliphatic carbocycles. The smallest absolute Gasteiger partial charge is 0.119 e. The summed E-state index contributed by atoms with van der Waals surface area (Å²) in [6.45, 7) is 3.65. The molecule has 2 aromatic rings. The van der Waals surface area contributed by atoms with Crippen LogP contribution in [-0.2, 0) is 0 Å². The molecule has 3 nitrogen and oxygen atoms in total. The van der Waals surface area contributed by atoms with Crippen LogP contribution in [0.15, 0.2) is 42.5 Å². The van der Waals surface area contributed by atoms with Gasteiger partial charge in [-0.2, -0.15) is 0 Å². The van der Waals surface area contributed by atoms with Crippen molar-refractivity contribution in [2.24, 2.45) is 0 Å². The van der Waals surface area contributed by atoms with Gasteiger partial charge in [-0.15, -0.1) is 0 Å². The van der Waals surface area contributed by atoms with Gasteiger partial charge in [-0.1, -0.05) is 17.7 Å². The van der Waals surface area contributed by atoms with E-state index in [0.717, 1.165) is 40.8 Å². The summed E-state index contributed by atoms with van der Waals surface area (Å²) in [5.74, 6) is 0.864. The first-order valence-corrected chi connectivity index (χ1v) is 6.95. The van der Waals surface area contributed by atoms with Gasteiger partial charge in [0.05, 0.1) is 7.11 Å². The first-order valence-electron chi connectivity index (χ1n) is 6.57. The van der Waals surface area contributed by atoms with Gasteiger partial charge in [0.15, 0.2) is 0 Å². The quantitative estimate of drug-likeness (QED) is 0.783. The van der Waals surface area contributed by atoms with Crippen molar-refractivity contribution in [1.29, 1.82) is 0 Å². The molecule has 20 heavy (non-hydrogen) atoms. The number of rotatable bonds is 6. The van der Waals surface area contributed by atoms with Crippen LogP contribution in [-0.4, -0.2) is 20.2 Å². The summed E-state index contributed by atoms with van der Waals surface area (Å²) in [6, 6.07) is 13.9. The normalized spacial score (nSPS) is 10.2. The number of nitrogens with one attached hydrogen (secondary N) is 2. The summed E-state index contributed by atoms with van der Waals surface area (Å²) in [5.41, 5.74) is 3.21. The van der Waals surface area contributed by atoms with Crippen molar-refractivity contribution < 1.29 is 4.74 Å². The van der Waals surface area contributed by atoms with E-state index in [1.54, 1.807) is 7.11 Å². The molecule has 0 spiro atoms. The molecule has 0 amide bonds. The van der Waals surface area contributed by atoms with Gasteiger partial charge in [0.25, 0.3) is 0 Å². The highest BCUT2D eigenvalue weighted by atomic mass is 35.5. The average Bonchev–Trinajstić information content (AvgIpc) is 2.48. The van der Waals surface area contributed by atoms with Crippen molar-refractivity contribution in [1.82, 2.24) is 0 Å². The number of hydrogen-bond acceptors (Lipinski definition) is 3. The van der Waals surface area contributed by atoms with Gasteiger partial charge in [0.2, 0.25) is 0 Å². The number of anilines is 2. The van der Waals surface area contributed by atoms with Gasteiger partial charge >= 0.3 is 0 Å². The van der Waals surface area contributed by atoms with Crippen molar-refractivity contribution in [2.45, 2.75) is 6.92 Å². The molecule has 0 saturated heterocycles. The minimum Gasteiger partial charge on any atom is -0.497 e. The second-order valence-electron chi connectivity index (χ2n) is 4.55. The van der Waals surface area contributed by atoms with Crippen LogP contribution < -0.4 is 15.4 Å². The molecule has 0 bridgehead atoms. The predicted octanol–water partition coefficient (Wildman–Crippen LogP) is 4.18. The Bertz CT molecular complexity index is 555. The first-order chi connectivity index (χ1) is 9.69.